The number of fused-ring (bicyclic) bond motifs is 6. The number of nitrogens with one attached hydrogen (secondary N) is 2. The molecule has 2 aromatic rings. The molecule has 7 rings (SSSR count). The second-order valence-electron chi connectivity index (χ2n) is 21.3. The number of nitrogen functional groups attached to an aromatic ring is 1. The van der Waals surface area contributed by atoms with E-state index in [2.05, 4.69) is 61.3 Å². The van der Waals surface area contributed by atoms with E-state index < -0.39 is 84.6 Å². The van der Waals surface area contributed by atoms with E-state index in [1.54, 1.807) is 6.08 Å². The first-order chi connectivity index (χ1) is 34.5. The molecule has 0 spiro atoms. The van der Waals surface area contributed by atoms with Crippen LogP contribution in [0.15, 0.2) is 36.5 Å². The second-order valence-corrected chi connectivity index (χ2v) is 26.7. The summed E-state index contributed by atoms with van der Waals surface area (Å²) in [5.74, 6) is 1.56. The molecule has 15 unspecified atom stereocenters. The summed E-state index contributed by atoms with van der Waals surface area (Å²) in [5, 5.41) is 37.0. The number of allylic oxidation sites excluding steroid dienone is 2. The third kappa shape index (κ3) is 13.5. The summed E-state index contributed by atoms with van der Waals surface area (Å²) in [6.45, 7) is 7.61. The minimum absolute atomic E-state index is 0.0303. The summed E-state index contributed by atoms with van der Waals surface area (Å²) in [7, 11) is -16.5. The quantitative estimate of drug-likeness (QED) is 0.0347. The van der Waals surface area contributed by atoms with Gasteiger partial charge in [-0.25, -0.2) is 28.6 Å². The molecule has 0 radical (unpaired) electrons. The van der Waals surface area contributed by atoms with Crippen LogP contribution in [-0.4, -0.2) is 134 Å². The number of aliphatic hydroxyl groups is 3. The Balaban J connectivity index is 0.788. The van der Waals surface area contributed by atoms with Crippen molar-refractivity contribution in [3.8, 4) is 0 Å². The highest BCUT2D eigenvalue weighted by molar-refractivity contribution is 8.14. The largest absolute Gasteiger partial charge is 0.481 e. The average Bonchev–Trinajstić information content (AvgIpc) is 4.00. The van der Waals surface area contributed by atoms with Gasteiger partial charge in [0.1, 0.15) is 36.3 Å². The van der Waals surface area contributed by atoms with Gasteiger partial charge < -0.3 is 56.0 Å². The molecule has 4 fully saturated rings. The molecular formula is C45H70N7O18P3S. The molecule has 1 saturated heterocycles. The number of carbonyl (C=O) groups excluding carboxylic acids is 3. The van der Waals surface area contributed by atoms with Crippen LogP contribution in [0.4, 0.5) is 5.82 Å². The lowest BCUT2D eigenvalue weighted by molar-refractivity contribution is -0.137. The van der Waals surface area contributed by atoms with Crippen molar-refractivity contribution in [1.29, 1.82) is 0 Å². The van der Waals surface area contributed by atoms with Gasteiger partial charge in [0.2, 0.25) is 16.9 Å². The second kappa shape index (κ2) is 23.1. The number of anilines is 1. The fourth-order valence-electron chi connectivity index (χ4n) is 12.2. The van der Waals surface area contributed by atoms with E-state index in [1.165, 1.54) is 38.7 Å². The van der Waals surface area contributed by atoms with Crippen molar-refractivity contribution < 1.29 is 85.6 Å². The molecule has 3 heterocycles. The molecule has 0 aromatic carbocycles. The number of carbonyl (C=O) groups is 3. The number of ether oxygens (including phenoxy) is 1. The number of phosphoric acid groups is 3. The van der Waals surface area contributed by atoms with Crippen LogP contribution in [0.2, 0.25) is 0 Å². The standard InChI is InChI=1S/C45H70N7O18P3S/c1-25(29-9-10-30-28-8-7-26-20-27(53)12-15-44(26,4)31(28)13-16-45(29,30)5)6-11-34(55)74-19-18-47-33(54)14-17-48-41(58)38(57)43(2,3)22-67-73(64,65)70-72(62,63)66-21-32-37(69-71(59,60)61)36(56)42(68-32)52-24-51-35-39(46)49-23-50-40(35)52/h6-7,11,23-25,27-32,36-38,42,53,56-57H,8-10,12-22H2,1-5H3,(H,47,54)(H,48,58)(H,62,63)(H,64,65)(H2,46,49,50)(H2,59,60,61). The molecule has 15 atom stereocenters. The van der Waals surface area contributed by atoms with Crippen LogP contribution in [0.25, 0.3) is 11.2 Å². The fourth-order valence-corrected chi connectivity index (χ4v) is 15.6. The van der Waals surface area contributed by atoms with Gasteiger partial charge in [-0.05, 0) is 97.9 Å². The summed E-state index contributed by atoms with van der Waals surface area (Å²) in [6.07, 6.45) is 7.55. The number of imidazole rings is 1. The lowest BCUT2D eigenvalue weighted by Gasteiger charge is -2.58. The molecule has 3 saturated carbocycles. The molecular weight excluding hydrogens is 1050 g/mol. The predicted molar refractivity (Wildman–Crippen MR) is 267 cm³/mol. The van der Waals surface area contributed by atoms with Crippen molar-refractivity contribution >= 4 is 69.1 Å². The SMILES string of the molecule is CC(C=CC(=O)SCCNC(=O)CCNC(=O)C(O)C(C)(C)COP(=O)(O)OP(=O)(O)OCC1OC(n2cnc3c(N)ncnc32)C(O)C1OP(=O)(O)O)C1CCC2C3CC=C4CC(O)CCC4(C)C3CCC12C. The van der Waals surface area contributed by atoms with Crippen molar-refractivity contribution in [3.05, 3.63) is 36.5 Å². The van der Waals surface area contributed by atoms with Crippen LogP contribution < -0.4 is 16.4 Å². The number of hydrogen-bond acceptors (Lipinski definition) is 19. The number of nitrogens with two attached hydrogens (primary N) is 1. The average molecular weight is 1120 g/mol. The first-order valence-corrected chi connectivity index (χ1v) is 30.2. The minimum atomic E-state index is -5.59. The van der Waals surface area contributed by atoms with Gasteiger partial charge in [0, 0.05) is 30.7 Å². The normalized spacial score (nSPS) is 32.6. The Bertz CT molecular complexity index is 2600. The molecule has 5 aliphatic rings. The molecule has 11 N–H and O–H groups in total. The number of thioether (sulfide) groups is 1. The minimum Gasteiger partial charge on any atom is -0.393 e. The lowest BCUT2D eigenvalue weighted by atomic mass is 9.47. The van der Waals surface area contributed by atoms with Crippen LogP contribution in [0, 0.1) is 45.8 Å². The first kappa shape index (κ1) is 58.7. The molecule has 2 amide bonds. The molecule has 29 heteroatoms. The van der Waals surface area contributed by atoms with Crippen LogP contribution >= 0.6 is 35.2 Å². The highest BCUT2D eigenvalue weighted by Crippen LogP contribution is 2.67. The van der Waals surface area contributed by atoms with Crippen molar-refractivity contribution in [2.45, 2.75) is 129 Å². The van der Waals surface area contributed by atoms with E-state index in [4.69, 9.17) is 19.5 Å². The summed E-state index contributed by atoms with van der Waals surface area (Å²) < 4.78 is 62.7. The van der Waals surface area contributed by atoms with Crippen molar-refractivity contribution in [1.82, 2.24) is 30.2 Å². The third-order valence-electron chi connectivity index (χ3n) is 16.1. The molecule has 74 heavy (non-hydrogen) atoms. The predicted octanol–water partition coefficient (Wildman–Crippen LogP) is 3.80. The Hall–Kier alpha value is -3.00. The molecule has 2 aromatic heterocycles. The number of rotatable bonds is 22. The van der Waals surface area contributed by atoms with Gasteiger partial charge in [0.15, 0.2) is 17.7 Å². The van der Waals surface area contributed by atoms with Gasteiger partial charge in [-0.3, -0.25) is 32.5 Å². The summed E-state index contributed by atoms with van der Waals surface area (Å²) in [6, 6.07) is 0. The van der Waals surface area contributed by atoms with Crippen LogP contribution in [-0.2, 0) is 50.7 Å². The van der Waals surface area contributed by atoms with E-state index in [0.717, 1.165) is 61.1 Å². The maximum absolute atomic E-state index is 12.9. The van der Waals surface area contributed by atoms with E-state index in [0.29, 0.717) is 29.4 Å². The van der Waals surface area contributed by atoms with Gasteiger partial charge in [0.25, 0.3) is 0 Å². The summed E-state index contributed by atoms with van der Waals surface area (Å²) >= 11 is 1.09. The monoisotopic (exact) mass is 1120 g/mol. The zero-order chi connectivity index (χ0) is 54.2. The van der Waals surface area contributed by atoms with Gasteiger partial charge in [-0.2, -0.15) is 4.31 Å². The highest BCUT2D eigenvalue weighted by Gasteiger charge is 2.59. The van der Waals surface area contributed by atoms with Crippen LogP contribution in [0.1, 0.15) is 98.6 Å². The number of nitrogens with zero attached hydrogens (tertiary/aromatic N) is 4. The topological polar surface area (TPSA) is 384 Å². The first-order valence-electron chi connectivity index (χ1n) is 24.7. The molecule has 414 valence electrons. The van der Waals surface area contributed by atoms with Crippen LogP contribution in [0.5, 0.6) is 0 Å². The molecule has 0 bridgehead atoms. The van der Waals surface area contributed by atoms with Crippen LogP contribution in [0.3, 0.4) is 0 Å². The van der Waals surface area contributed by atoms with Gasteiger partial charge in [-0.15, -0.1) is 0 Å². The summed E-state index contributed by atoms with van der Waals surface area (Å²) in [4.78, 5) is 89.6. The Labute approximate surface area is 432 Å². The number of hydrogen-bond donors (Lipinski definition) is 10. The molecule has 1 aliphatic heterocycles. The molecule has 4 aliphatic carbocycles. The van der Waals surface area contributed by atoms with E-state index in [9.17, 15) is 63.0 Å². The van der Waals surface area contributed by atoms with E-state index in [-0.39, 0.29) is 64.5 Å². The highest BCUT2D eigenvalue weighted by atomic mass is 32.2. The third-order valence-corrected chi connectivity index (χ3v) is 20.0. The number of amides is 2. The fraction of sp³-hybridized carbons (Fsp3) is 0.733. The zero-order valence-corrected chi connectivity index (χ0v) is 45.4. The van der Waals surface area contributed by atoms with E-state index in [1.807, 2.05) is 6.08 Å². The van der Waals surface area contributed by atoms with Gasteiger partial charge in [0.05, 0.1) is 25.6 Å². The zero-order valence-electron chi connectivity index (χ0n) is 41.9. The number of phosphoric ester groups is 3. The maximum Gasteiger partial charge on any atom is 0.481 e. The van der Waals surface area contributed by atoms with Crippen molar-refractivity contribution in [3.63, 3.8) is 0 Å². The number of aromatic nitrogens is 4. The van der Waals surface area contributed by atoms with Gasteiger partial charge >= 0.3 is 23.5 Å². The Morgan fingerprint density at radius 1 is 1.00 bits per heavy atom. The summed E-state index contributed by atoms with van der Waals surface area (Å²) in [5.41, 5.74) is 6.15. The van der Waals surface area contributed by atoms with Crippen molar-refractivity contribution in [2.75, 3.05) is 37.8 Å². The van der Waals surface area contributed by atoms with E-state index >= 15 is 0 Å². The number of aliphatic hydroxyl groups excluding tert-OH is 3. The Kier molecular flexibility index (Phi) is 18.4. The van der Waals surface area contributed by atoms with Crippen molar-refractivity contribution in [2.24, 2.45) is 45.8 Å². The molecule has 25 nitrogen and oxygen atoms in total. The lowest BCUT2D eigenvalue weighted by Crippen LogP contribution is -2.50. The van der Waals surface area contributed by atoms with Gasteiger partial charge in [-0.1, -0.05) is 64.1 Å². The maximum atomic E-state index is 12.9. The smallest absolute Gasteiger partial charge is 0.393 e. The Morgan fingerprint density at radius 2 is 1.73 bits per heavy atom. The Morgan fingerprint density at radius 3 is 2.46 bits per heavy atom.